The number of fused-ring (bicyclic) bond motifs is 1. The van der Waals surface area contributed by atoms with Crippen molar-refractivity contribution in [3.05, 3.63) is 47.5 Å². The van der Waals surface area contributed by atoms with Gasteiger partial charge in [0.2, 0.25) is 11.8 Å². The number of carbonyl (C=O) groups excluding carboxylic acids is 2. The lowest BCUT2D eigenvalue weighted by molar-refractivity contribution is -0.140. The molecule has 1 aliphatic carbocycles. The average Bonchev–Trinajstić information content (AvgIpc) is 3.22. The number of hydrogen-bond donors (Lipinski definition) is 0. The molecule has 0 spiro atoms. The summed E-state index contributed by atoms with van der Waals surface area (Å²) in [5.74, 6) is 0.282. The third kappa shape index (κ3) is 2.87. The summed E-state index contributed by atoms with van der Waals surface area (Å²) in [5.41, 5.74) is 1.71. The maximum atomic E-state index is 12.5. The van der Waals surface area contributed by atoms with Crippen LogP contribution in [0.1, 0.15) is 18.5 Å². The molecular weight excluding hydrogens is 336 g/mol. The molecule has 128 valence electrons. The Morgan fingerprint density at radius 3 is 2.60 bits per heavy atom. The van der Waals surface area contributed by atoms with E-state index in [1.54, 1.807) is 7.11 Å². The molecule has 2 aliphatic rings. The van der Waals surface area contributed by atoms with Crippen molar-refractivity contribution in [2.24, 2.45) is 11.8 Å². The van der Waals surface area contributed by atoms with Gasteiger partial charge in [-0.3, -0.25) is 14.5 Å². The van der Waals surface area contributed by atoms with Crippen molar-refractivity contribution in [3.63, 3.8) is 0 Å². The summed E-state index contributed by atoms with van der Waals surface area (Å²) in [7, 11) is 1.63. The van der Waals surface area contributed by atoms with Crippen LogP contribution in [0.4, 0.5) is 0 Å². The van der Waals surface area contributed by atoms with Gasteiger partial charge in [-0.2, -0.15) is 0 Å². The van der Waals surface area contributed by atoms with Crippen LogP contribution < -0.4 is 4.74 Å². The van der Waals surface area contributed by atoms with E-state index in [0.29, 0.717) is 12.8 Å². The predicted octanol–water partition coefficient (Wildman–Crippen LogP) is 3.27. The van der Waals surface area contributed by atoms with Crippen molar-refractivity contribution < 1.29 is 14.3 Å². The van der Waals surface area contributed by atoms with Crippen LogP contribution in [0.25, 0.3) is 10.6 Å². The second-order valence-corrected chi connectivity index (χ2v) is 7.15. The quantitative estimate of drug-likeness (QED) is 0.625. The maximum Gasteiger partial charge on any atom is 0.233 e. The maximum absolute atomic E-state index is 12.5. The highest BCUT2D eigenvalue weighted by atomic mass is 32.1. The van der Waals surface area contributed by atoms with Gasteiger partial charge in [-0.15, -0.1) is 11.3 Å². The lowest BCUT2D eigenvalue weighted by atomic mass is 9.85. The molecule has 0 saturated carbocycles. The van der Waals surface area contributed by atoms with Crippen LogP contribution in [0, 0.1) is 11.8 Å². The van der Waals surface area contributed by atoms with Crippen molar-refractivity contribution in [2.45, 2.75) is 19.4 Å². The van der Waals surface area contributed by atoms with Gasteiger partial charge >= 0.3 is 0 Å². The van der Waals surface area contributed by atoms with Gasteiger partial charge in [0.05, 0.1) is 31.2 Å². The summed E-state index contributed by atoms with van der Waals surface area (Å²) >= 11 is 1.50. The molecule has 0 bridgehead atoms. The summed E-state index contributed by atoms with van der Waals surface area (Å²) in [5, 5.41) is 2.77. The first-order chi connectivity index (χ1) is 12.2. The summed E-state index contributed by atoms with van der Waals surface area (Å²) in [6, 6.07) is 7.70. The number of rotatable bonds is 4. The number of ether oxygens (including phenoxy) is 1. The minimum atomic E-state index is -0.186. The molecule has 1 aliphatic heterocycles. The van der Waals surface area contributed by atoms with Crippen LogP contribution >= 0.6 is 11.3 Å². The second kappa shape index (κ2) is 6.44. The first kappa shape index (κ1) is 16.0. The lowest BCUT2D eigenvalue weighted by Crippen LogP contribution is -2.30. The smallest absolute Gasteiger partial charge is 0.233 e. The number of carbonyl (C=O) groups is 2. The Morgan fingerprint density at radius 2 is 1.92 bits per heavy atom. The number of nitrogens with zero attached hydrogens (tertiary/aromatic N) is 2. The largest absolute Gasteiger partial charge is 0.497 e. The fraction of sp³-hybridized carbons (Fsp3) is 0.316. The average molecular weight is 354 g/mol. The molecule has 2 aromatic rings. The molecule has 2 heterocycles. The molecule has 4 rings (SSSR count). The normalized spacial score (nSPS) is 22.4. The summed E-state index contributed by atoms with van der Waals surface area (Å²) in [4.78, 5) is 31.1. The van der Waals surface area contributed by atoms with E-state index in [1.807, 2.05) is 41.8 Å². The van der Waals surface area contributed by atoms with Crippen molar-refractivity contribution in [1.82, 2.24) is 9.88 Å². The molecule has 1 fully saturated rings. The lowest BCUT2D eigenvalue weighted by Gasteiger charge is -2.14. The Kier molecular flexibility index (Phi) is 4.13. The molecule has 2 amide bonds. The first-order valence-corrected chi connectivity index (χ1v) is 9.14. The Labute approximate surface area is 149 Å². The van der Waals surface area contributed by atoms with Crippen LogP contribution in [0.5, 0.6) is 5.75 Å². The Bertz CT molecular complexity index is 832. The van der Waals surface area contributed by atoms with Gasteiger partial charge in [-0.1, -0.05) is 24.3 Å². The number of allylic oxidation sites excluding steroid dienone is 2. The van der Waals surface area contributed by atoms with E-state index < -0.39 is 0 Å². The molecule has 0 N–H and O–H groups in total. The third-order valence-corrected chi connectivity index (χ3v) is 5.73. The first-order valence-electron chi connectivity index (χ1n) is 8.26. The van der Waals surface area contributed by atoms with E-state index in [-0.39, 0.29) is 30.2 Å². The Balaban J connectivity index is 1.53. The van der Waals surface area contributed by atoms with Crippen LogP contribution in [0.15, 0.2) is 41.8 Å². The topological polar surface area (TPSA) is 59.5 Å². The van der Waals surface area contributed by atoms with Gasteiger partial charge in [0.15, 0.2) is 0 Å². The Morgan fingerprint density at radius 1 is 1.20 bits per heavy atom. The van der Waals surface area contributed by atoms with E-state index in [2.05, 4.69) is 4.98 Å². The van der Waals surface area contributed by atoms with Gasteiger partial charge in [0.25, 0.3) is 0 Å². The summed E-state index contributed by atoms with van der Waals surface area (Å²) in [6.45, 7) is 0.255. The monoisotopic (exact) mass is 354 g/mol. The second-order valence-electron chi connectivity index (χ2n) is 6.29. The van der Waals surface area contributed by atoms with Crippen LogP contribution in [0.3, 0.4) is 0 Å². The number of aromatic nitrogens is 1. The van der Waals surface area contributed by atoms with Crippen molar-refractivity contribution in [3.8, 4) is 16.3 Å². The number of amides is 2. The van der Waals surface area contributed by atoms with E-state index >= 15 is 0 Å². The van der Waals surface area contributed by atoms with Crippen molar-refractivity contribution >= 4 is 23.2 Å². The van der Waals surface area contributed by atoms with Gasteiger partial charge in [-0.25, -0.2) is 4.98 Å². The zero-order chi connectivity index (χ0) is 17.4. The SMILES string of the molecule is COc1cccc(-c2nc(CN3C(=O)[C@H]4CC=CC[C@H]4C3=O)cs2)c1. The fourth-order valence-corrected chi connectivity index (χ4v) is 4.26. The molecule has 0 unspecified atom stereocenters. The number of methoxy groups -OCH3 is 1. The molecule has 1 aromatic carbocycles. The number of imide groups is 1. The highest BCUT2D eigenvalue weighted by Gasteiger charge is 2.47. The molecule has 1 aromatic heterocycles. The van der Waals surface area contributed by atoms with Gasteiger partial charge in [-0.05, 0) is 25.0 Å². The fourth-order valence-electron chi connectivity index (χ4n) is 3.46. The highest BCUT2D eigenvalue weighted by molar-refractivity contribution is 7.13. The van der Waals surface area contributed by atoms with Crippen LogP contribution in [-0.2, 0) is 16.1 Å². The minimum absolute atomic E-state index is 0.0599. The molecule has 0 radical (unpaired) electrons. The molecule has 2 atom stereocenters. The third-order valence-electron chi connectivity index (χ3n) is 4.79. The molecule has 5 nitrogen and oxygen atoms in total. The molecule has 1 saturated heterocycles. The summed E-state index contributed by atoms with van der Waals surface area (Å²) in [6.07, 6.45) is 5.33. The summed E-state index contributed by atoms with van der Waals surface area (Å²) < 4.78 is 5.25. The van der Waals surface area contributed by atoms with Gasteiger partial charge < -0.3 is 4.74 Å². The highest BCUT2D eigenvalue weighted by Crippen LogP contribution is 2.36. The van der Waals surface area contributed by atoms with E-state index in [0.717, 1.165) is 22.0 Å². The zero-order valence-corrected chi connectivity index (χ0v) is 14.7. The van der Waals surface area contributed by atoms with Crippen molar-refractivity contribution in [1.29, 1.82) is 0 Å². The van der Waals surface area contributed by atoms with E-state index in [9.17, 15) is 9.59 Å². The molecule has 6 heteroatoms. The molecular formula is C19H18N2O3S. The van der Waals surface area contributed by atoms with Crippen LogP contribution in [0.2, 0.25) is 0 Å². The predicted molar refractivity (Wildman–Crippen MR) is 95.0 cm³/mol. The zero-order valence-electron chi connectivity index (χ0n) is 13.8. The minimum Gasteiger partial charge on any atom is -0.497 e. The number of thiazole rings is 1. The Hall–Kier alpha value is -2.47. The number of benzene rings is 1. The van der Waals surface area contributed by atoms with Gasteiger partial charge in [0, 0.05) is 10.9 Å². The van der Waals surface area contributed by atoms with Crippen molar-refractivity contribution in [2.75, 3.05) is 7.11 Å². The van der Waals surface area contributed by atoms with E-state index in [1.165, 1.54) is 16.2 Å². The van der Waals surface area contributed by atoms with Gasteiger partial charge in [0.1, 0.15) is 10.8 Å². The van der Waals surface area contributed by atoms with E-state index in [4.69, 9.17) is 4.74 Å². The standard InChI is InChI=1S/C19H18N2O3S/c1-24-14-6-4-5-12(9-14)17-20-13(11-25-17)10-21-18(22)15-7-2-3-8-16(15)19(21)23/h2-6,9,11,15-16H,7-8,10H2,1H3/t15-,16+. The number of hydrogen-bond acceptors (Lipinski definition) is 5. The van der Waals surface area contributed by atoms with Crippen LogP contribution in [-0.4, -0.2) is 28.8 Å². The molecule has 25 heavy (non-hydrogen) atoms. The number of likely N-dealkylation sites (tertiary alicyclic amines) is 1.